The van der Waals surface area contributed by atoms with E-state index in [1.807, 2.05) is 24.3 Å². The molecule has 0 spiro atoms. The fourth-order valence-electron chi connectivity index (χ4n) is 2.70. The van der Waals surface area contributed by atoms with Crippen molar-refractivity contribution >= 4 is 33.0 Å². The maximum atomic E-state index is 12.7. The molecule has 0 aliphatic heterocycles. The second-order valence-electron chi connectivity index (χ2n) is 5.64. The average molecular weight is 408 g/mol. The lowest BCUT2D eigenvalue weighted by Gasteiger charge is -2.11. The van der Waals surface area contributed by atoms with Crippen molar-refractivity contribution in [1.82, 2.24) is 18.7 Å². The Labute approximate surface area is 151 Å². The molecule has 2 aromatic heterocycles. The van der Waals surface area contributed by atoms with Crippen LogP contribution in [0, 0.1) is 0 Å². The molecule has 8 nitrogen and oxygen atoms in total. The minimum absolute atomic E-state index is 0.0742. The third kappa shape index (κ3) is 3.00. The largest absolute Gasteiger partial charge is 0.395 e. The lowest BCUT2D eigenvalue weighted by molar-refractivity contribution is 0.310. The Morgan fingerprint density at radius 3 is 2.60 bits per heavy atom. The fraction of sp³-hybridized carbons (Fsp3) is 0.312. The van der Waals surface area contributed by atoms with Gasteiger partial charge in [0.1, 0.15) is 0 Å². The first kappa shape index (κ1) is 17.4. The second-order valence-corrected chi connectivity index (χ2v) is 6.50. The topological polar surface area (TPSA) is 94.1 Å². The van der Waals surface area contributed by atoms with Crippen LogP contribution in [0.4, 0.5) is 5.95 Å². The normalized spacial score (nSPS) is 11.2. The Balaban J connectivity index is 2.29. The third-order valence-electron chi connectivity index (χ3n) is 4.03. The highest BCUT2D eigenvalue weighted by molar-refractivity contribution is 9.10. The Bertz CT molecular complexity index is 1050. The number of hydrogen-bond acceptors (Lipinski definition) is 5. The number of halogens is 1. The summed E-state index contributed by atoms with van der Waals surface area (Å²) in [7, 11) is 3.02. The van der Waals surface area contributed by atoms with Gasteiger partial charge in [-0.1, -0.05) is 34.1 Å². The first-order valence-corrected chi connectivity index (χ1v) is 8.49. The van der Waals surface area contributed by atoms with Crippen LogP contribution in [0.2, 0.25) is 0 Å². The summed E-state index contributed by atoms with van der Waals surface area (Å²) in [6.45, 7) is 0.599. The standard InChI is InChI=1S/C16H18BrN5O3/c1-20-13-12(14(24)21(2)16(20)25)22(15(19-13)18-7-8-23)9-10-5-3-4-6-11(10)17/h3-6,23H,7-9H2,1-2H3,(H,18,19). The average Bonchev–Trinajstić information content (AvgIpc) is 2.96. The number of benzene rings is 1. The van der Waals surface area contributed by atoms with E-state index in [0.29, 0.717) is 23.7 Å². The van der Waals surface area contributed by atoms with Crippen LogP contribution in [0.15, 0.2) is 38.3 Å². The lowest BCUT2D eigenvalue weighted by Crippen LogP contribution is -2.37. The predicted molar refractivity (Wildman–Crippen MR) is 99.0 cm³/mol. The molecule has 0 unspecified atom stereocenters. The monoisotopic (exact) mass is 407 g/mol. The van der Waals surface area contributed by atoms with Gasteiger partial charge in [-0.15, -0.1) is 0 Å². The van der Waals surface area contributed by atoms with E-state index >= 15 is 0 Å². The predicted octanol–water partition coefficient (Wildman–Crippen LogP) is 0.649. The van der Waals surface area contributed by atoms with E-state index in [4.69, 9.17) is 5.11 Å². The first-order valence-electron chi connectivity index (χ1n) is 7.70. The number of aliphatic hydroxyl groups excluding tert-OH is 1. The number of hydrogen-bond donors (Lipinski definition) is 2. The second kappa shape index (κ2) is 6.85. The number of imidazole rings is 1. The summed E-state index contributed by atoms with van der Waals surface area (Å²) in [4.78, 5) is 29.3. The van der Waals surface area contributed by atoms with Crippen molar-refractivity contribution in [2.75, 3.05) is 18.5 Å². The third-order valence-corrected chi connectivity index (χ3v) is 4.80. The van der Waals surface area contributed by atoms with Gasteiger partial charge in [0.2, 0.25) is 5.95 Å². The molecule has 0 saturated heterocycles. The molecule has 132 valence electrons. The van der Waals surface area contributed by atoms with Crippen LogP contribution < -0.4 is 16.6 Å². The van der Waals surface area contributed by atoms with Gasteiger partial charge in [-0.25, -0.2) is 4.79 Å². The van der Waals surface area contributed by atoms with Crippen LogP contribution in [0.3, 0.4) is 0 Å². The lowest BCUT2D eigenvalue weighted by atomic mass is 10.2. The van der Waals surface area contributed by atoms with Gasteiger partial charge in [-0.2, -0.15) is 4.98 Å². The molecule has 25 heavy (non-hydrogen) atoms. The fourth-order valence-corrected chi connectivity index (χ4v) is 3.11. The number of rotatable bonds is 5. The number of anilines is 1. The van der Waals surface area contributed by atoms with E-state index < -0.39 is 11.2 Å². The summed E-state index contributed by atoms with van der Waals surface area (Å²) in [6.07, 6.45) is 0. The van der Waals surface area contributed by atoms with E-state index in [0.717, 1.165) is 14.6 Å². The van der Waals surface area contributed by atoms with Crippen LogP contribution >= 0.6 is 15.9 Å². The van der Waals surface area contributed by atoms with Crippen LogP contribution in [-0.4, -0.2) is 36.9 Å². The van der Waals surface area contributed by atoms with Gasteiger partial charge in [0, 0.05) is 25.1 Å². The van der Waals surface area contributed by atoms with Gasteiger partial charge in [0.15, 0.2) is 11.2 Å². The molecule has 0 atom stereocenters. The Hall–Kier alpha value is -2.39. The zero-order valence-corrected chi connectivity index (χ0v) is 15.4. The van der Waals surface area contributed by atoms with Gasteiger partial charge in [0.25, 0.3) is 5.56 Å². The molecule has 0 saturated carbocycles. The van der Waals surface area contributed by atoms with E-state index in [9.17, 15) is 9.59 Å². The summed E-state index contributed by atoms with van der Waals surface area (Å²) in [5.41, 5.74) is 0.762. The van der Waals surface area contributed by atoms with Gasteiger partial charge >= 0.3 is 5.69 Å². The zero-order chi connectivity index (χ0) is 18.1. The summed E-state index contributed by atoms with van der Waals surface area (Å²) < 4.78 is 5.05. The molecule has 0 amide bonds. The smallest absolute Gasteiger partial charge is 0.332 e. The Morgan fingerprint density at radius 1 is 1.20 bits per heavy atom. The summed E-state index contributed by atoms with van der Waals surface area (Å²) in [5, 5.41) is 12.1. The maximum absolute atomic E-state index is 12.7. The first-order chi connectivity index (χ1) is 12.0. The number of nitrogens with one attached hydrogen (secondary N) is 1. The van der Waals surface area contributed by atoms with Gasteiger partial charge in [-0.05, 0) is 11.6 Å². The zero-order valence-electron chi connectivity index (χ0n) is 13.9. The molecule has 3 aromatic rings. The highest BCUT2D eigenvalue weighted by atomic mass is 79.9. The number of fused-ring (bicyclic) bond motifs is 1. The molecular weight excluding hydrogens is 390 g/mol. The molecule has 3 rings (SSSR count). The van der Waals surface area contributed by atoms with Crippen LogP contribution in [0.25, 0.3) is 11.2 Å². The van der Waals surface area contributed by atoms with Crippen molar-refractivity contribution in [3.8, 4) is 0 Å². The number of aromatic nitrogens is 4. The van der Waals surface area contributed by atoms with Crippen molar-refractivity contribution in [2.24, 2.45) is 14.1 Å². The molecule has 0 fully saturated rings. The molecule has 9 heteroatoms. The molecule has 0 aliphatic rings. The van der Waals surface area contributed by atoms with Gasteiger partial charge in [0.05, 0.1) is 13.2 Å². The summed E-state index contributed by atoms with van der Waals surface area (Å²) in [5.74, 6) is 0.429. The molecule has 0 radical (unpaired) electrons. The van der Waals surface area contributed by atoms with E-state index in [1.54, 1.807) is 11.6 Å². The molecule has 2 N–H and O–H groups in total. The van der Waals surface area contributed by atoms with Gasteiger partial charge in [-0.3, -0.25) is 18.5 Å². The highest BCUT2D eigenvalue weighted by Gasteiger charge is 2.19. The van der Waals surface area contributed by atoms with Crippen LogP contribution in [0.5, 0.6) is 0 Å². The van der Waals surface area contributed by atoms with Crippen molar-refractivity contribution in [3.63, 3.8) is 0 Å². The summed E-state index contributed by atoms with van der Waals surface area (Å²) >= 11 is 3.51. The molecule has 1 aromatic carbocycles. The number of aryl methyl sites for hydroxylation is 1. The van der Waals surface area contributed by atoms with E-state index in [1.165, 1.54) is 11.6 Å². The quantitative estimate of drug-likeness (QED) is 0.647. The van der Waals surface area contributed by atoms with Crippen molar-refractivity contribution < 1.29 is 5.11 Å². The minimum Gasteiger partial charge on any atom is -0.395 e. The van der Waals surface area contributed by atoms with Gasteiger partial charge < -0.3 is 10.4 Å². The molecule has 2 heterocycles. The molecule has 0 aliphatic carbocycles. The van der Waals surface area contributed by atoms with E-state index in [-0.39, 0.29) is 13.2 Å². The minimum atomic E-state index is -0.434. The molecule has 0 bridgehead atoms. The van der Waals surface area contributed by atoms with E-state index in [2.05, 4.69) is 26.2 Å². The Kier molecular flexibility index (Phi) is 4.78. The van der Waals surface area contributed by atoms with Crippen molar-refractivity contribution in [3.05, 3.63) is 55.1 Å². The SMILES string of the molecule is Cn1c(=O)c2c(nc(NCCO)n2Cc2ccccc2Br)n(C)c1=O. The Morgan fingerprint density at radius 2 is 1.92 bits per heavy atom. The number of nitrogens with zero attached hydrogens (tertiary/aromatic N) is 4. The molecular formula is C16H18BrN5O3. The highest BCUT2D eigenvalue weighted by Crippen LogP contribution is 2.22. The van der Waals surface area contributed by atoms with Crippen LogP contribution in [0.1, 0.15) is 5.56 Å². The van der Waals surface area contributed by atoms with Crippen LogP contribution in [-0.2, 0) is 20.6 Å². The number of aliphatic hydroxyl groups is 1. The summed E-state index contributed by atoms with van der Waals surface area (Å²) in [6, 6.07) is 7.68. The maximum Gasteiger partial charge on any atom is 0.332 e. The van der Waals surface area contributed by atoms with Crippen molar-refractivity contribution in [1.29, 1.82) is 0 Å². The van der Waals surface area contributed by atoms with Crippen molar-refractivity contribution in [2.45, 2.75) is 6.54 Å².